The van der Waals surface area contributed by atoms with E-state index in [9.17, 15) is 37.1 Å². The summed E-state index contributed by atoms with van der Waals surface area (Å²) >= 11 is 0. The highest BCUT2D eigenvalue weighted by Gasteiger charge is 2.54. The number of rotatable bonds is 9. The summed E-state index contributed by atoms with van der Waals surface area (Å²) < 4.78 is 64.9. The van der Waals surface area contributed by atoms with Crippen LogP contribution in [0.2, 0.25) is 0 Å². The summed E-state index contributed by atoms with van der Waals surface area (Å²) in [5, 5.41) is 4.23. The van der Waals surface area contributed by atoms with Crippen LogP contribution in [0.15, 0.2) is 59.8 Å². The average molecular weight is 1410 g/mol. The lowest BCUT2D eigenvalue weighted by Crippen LogP contribution is -2.55. The molecular formula is C77H110F3N11O10. The second-order valence-corrected chi connectivity index (χ2v) is 31.6. The summed E-state index contributed by atoms with van der Waals surface area (Å²) in [6.45, 7) is 17.4. The fraction of sp³-hybridized carbons (Fsp3) is 0.688. The van der Waals surface area contributed by atoms with Gasteiger partial charge in [0.1, 0.15) is 30.2 Å². The molecule has 11 aliphatic heterocycles. The third-order valence-electron chi connectivity index (χ3n) is 24.7. The Kier molecular flexibility index (Phi) is 21.8. The zero-order valence-corrected chi connectivity index (χ0v) is 60.9. The lowest BCUT2D eigenvalue weighted by molar-refractivity contribution is 0.0173. The van der Waals surface area contributed by atoms with Crippen LogP contribution in [0.1, 0.15) is 174 Å². The summed E-state index contributed by atoms with van der Waals surface area (Å²) in [5.74, 6) is -0.723. The molecule has 21 nitrogen and oxygen atoms in total. The molecule has 5 atom stereocenters. The standard InChI is InChI=1S/C28H38FN3O5.C26H37FN4O3.C23H33FN4O2.H2/c1-18(2)36-27(34)32-20-4-5-21(32)15-22(14-20)30-10-8-28(9-11-30)17-31(25-6-3-19(29)13-24(25)28)26(33)37-23-7-12-35-16-23;1-4-13-34-25(33)31-19-6-7-20(31)16-21(15-19)29-11-9-26(10-12-29)17-30(24(32)28(2)3)23-8-5-18(27)14-22(23)26;1-4-30-25-18-6-8-19(9-7-18)27-13-11-23(12-14-27)16-28(22(29)26(2)3)21-10-5-17(24)15-20(21)23;/h3,6,13,18,20-23H,4-5,7-12,14-17H2,1-2H3;5,8,14,19-21H,4,6-7,9-13,15-17H2,1-3H3;5,10,15,19H,4,6-9,11-14,16H2,1-3H3;1H/t20?,21?,22?,23-;;;/m0.../s1. The zero-order valence-electron chi connectivity index (χ0n) is 60.9. The summed E-state index contributed by atoms with van der Waals surface area (Å²) in [4.78, 5) is 89.5. The predicted molar refractivity (Wildman–Crippen MR) is 383 cm³/mol. The van der Waals surface area contributed by atoms with Crippen LogP contribution in [-0.4, -0.2) is 238 Å². The molecule has 4 bridgehead atoms. The highest BCUT2D eigenvalue weighted by atomic mass is 19.1. The number of carbonyl (C=O) groups excluding carboxylic acids is 5. The Morgan fingerprint density at radius 2 is 0.950 bits per heavy atom. The summed E-state index contributed by atoms with van der Waals surface area (Å²) in [7, 11) is 7.06. The molecule has 8 saturated heterocycles. The van der Waals surface area contributed by atoms with Gasteiger partial charge in [-0.25, -0.2) is 37.1 Å². The number of likely N-dealkylation sites (tertiary alicyclic amines) is 3. The fourth-order valence-electron chi connectivity index (χ4n) is 19.5. The van der Waals surface area contributed by atoms with E-state index in [2.05, 4.69) is 19.9 Å². The quantitative estimate of drug-likeness (QED) is 0.146. The first-order chi connectivity index (χ1) is 48.6. The molecule has 15 rings (SSSR count). The van der Waals surface area contributed by atoms with Crippen LogP contribution >= 0.6 is 0 Å². The van der Waals surface area contributed by atoms with Gasteiger partial charge in [-0.2, -0.15) is 0 Å². The predicted octanol–water partition coefficient (Wildman–Crippen LogP) is 12.9. The molecule has 0 radical (unpaired) electrons. The second kappa shape index (κ2) is 30.4. The number of urea groups is 2. The number of fused-ring (bicyclic) bond motifs is 10. The third kappa shape index (κ3) is 14.9. The SMILES string of the molecule is CC(C)OC(=O)N1C2CCC1CC(N1CCC3(CC1)CN(C(=O)O[C@H]1CCOC1)c1ccc(F)cc13)C2.CCCOC(=O)N1C2CCC1CC(N1CCC3(CC1)CN(C(=O)N(C)C)c1ccc(F)cc13)C2.CCON=C1CCC(N2CCC3(CC2)CN(C(=O)N(C)C)c2ccc(F)cc23)CC1.[HH]. The van der Waals surface area contributed by atoms with Gasteiger partial charge in [0.15, 0.2) is 0 Å². The van der Waals surface area contributed by atoms with E-state index in [1.54, 1.807) is 79.3 Å². The van der Waals surface area contributed by atoms with E-state index < -0.39 is 0 Å². The monoisotopic (exact) mass is 1410 g/mol. The van der Waals surface area contributed by atoms with E-state index in [0.29, 0.717) is 70.6 Å². The van der Waals surface area contributed by atoms with E-state index in [0.717, 1.165) is 195 Å². The second-order valence-electron chi connectivity index (χ2n) is 31.6. The number of amides is 7. The van der Waals surface area contributed by atoms with Crippen molar-refractivity contribution in [3.05, 3.63) is 88.7 Å². The molecule has 0 N–H and O–H groups in total. The average Bonchev–Trinajstić information content (AvgIpc) is 1.63. The van der Waals surface area contributed by atoms with Crippen LogP contribution < -0.4 is 14.7 Å². The van der Waals surface area contributed by atoms with Gasteiger partial charge in [0.05, 0.1) is 37.3 Å². The first-order valence-corrected chi connectivity index (χ1v) is 37.9. The van der Waals surface area contributed by atoms with E-state index >= 15 is 0 Å². The number of hydrogen-bond acceptors (Lipinski definition) is 14. The van der Waals surface area contributed by atoms with Crippen molar-refractivity contribution >= 4 is 53.1 Å². The van der Waals surface area contributed by atoms with Crippen LogP contribution in [0.3, 0.4) is 0 Å². The van der Waals surface area contributed by atoms with E-state index in [1.165, 1.54) is 23.9 Å². The molecule has 554 valence electrons. The first kappa shape index (κ1) is 72.5. The minimum Gasteiger partial charge on any atom is -0.449 e. The van der Waals surface area contributed by atoms with Crippen molar-refractivity contribution in [2.75, 3.05) is 128 Å². The maximum absolute atomic E-state index is 14.4. The third-order valence-corrected chi connectivity index (χ3v) is 24.7. The highest BCUT2D eigenvalue weighted by molar-refractivity contribution is 5.96. The van der Waals surface area contributed by atoms with Gasteiger partial charge >= 0.3 is 30.3 Å². The number of anilines is 3. The van der Waals surface area contributed by atoms with E-state index in [4.69, 9.17) is 23.8 Å². The number of oxime groups is 1. The minimum atomic E-state index is -0.361. The molecule has 24 heteroatoms. The molecule has 0 aromatic heterocycles. The number of carbonyl (C=O) groups is 5. The number of ether oxygens (including phenoxy) is 4. The Hall–Kier alpha value is -6.89. The lowest BCUT2D eigenvalue weighted by Gasteiger charge is -2.47. The molecule has 4 unspecified atom stereocenters. The Morgan fingerprint density at radius 3 is 1.34 bits per heavy atom. The van der Waals surface area contributed by atoms with Crippen molar-refractivity contribution in [1.29, 1.82) is 0 Å². The van der Waals surface area contributed by atoms with Crippen molar-refractivity contribution in [3.8, 4) is 0 Å². The zero-order chi connectivity index (χ0) is 71.1. The minimum absolute atomic E-state index is 0. The number of benzene rings is 3. The van der Waals surface area contributed by atoms with Gasteiger partial charge in [-0.1, -0.05) is 12.1 Å². The summed E-state index contributed by atoms with van der Waals surface area (Å²) in [6, 6.07) is 17.0. The molecular weight excluding hydrogens is 1300 g/mol. The Labute approximate surface area is 596 Å². The molecule has 7 amide bonds. The molecule has 101 heavy (non-hydrogen) atoms. The van der Waals surface area contributed by atoms with Crippen LogP contribution in [0.4, 0.5) is 54.2 Å². The normalized spacial score (nSPS) is 27.5. The number of piperidine rings is 5. The number of hydrogen-bond donors (Lipinski definition) is 0. The van der Waals surface area contributed by atoms with Crippen LogP contribution in [-0.2, 0) is 40.0 Å². The van der Waals surface area contributed by atoms with Gasteiger partial charge < -0.3 is 58.1 Å². The van der Waals surface area contributed by atoms with Gasteiger partial charge in [0, 0.05) is 126 Å². The Morgan fingerprint density at radius 1 is 0.545 bits per heavy atom. The van der Waals surface area contributed by atoms with Crippen LogP contribution in [0.5, 0.6) is 0 Å². The molecule has 11 heterocycles. The van der Waals surface area contributed by atoms with Gasteiger partial charge in [-0.15, -0.1) is 0 Å². The molecule has 3 aromatic carbocycles. The van der Waals surface area contributed by atoms with Crippen molar-refractivity contribution in [3.63, 3.8) is 0 Å². The maximum atomic E-state index is 14.4. The molecule has 12 aliphatic rings. The Balaban J connectivity index is 0.000000145. The number of halogens is 3. The van der Waals surface area contributed by atoms with Gasteiger partial charge in [0.25, 0.3) is 0 Å². The van der Waals surface area contributed by atoms with Crippen molar-refractivity contribution in [2.45, 2.75) is 227 Å². The largest absolute Gasteiger partial charge is 0.449 e. The van der Waals surface area contributed by atoms with Crippen molar-refractivity contribution in [1.82, 2.24) is 34.3 Å². The maximum Gasteiger partial charge on any atom is 0.414 e. The molecule has 1 aliphatic carbocycles. The van der Waals surface area contributed by atoms with Gasteiger partial charge in [-0.05, 0) is 253 Å². The molecule has 1 saturated carbocycles. The highest BCUT2D eigenvalue weighted by Crippen LogP contribution is 2.53. The Bertz CT molecular complexity index is 3480. The molecule has 3 aromatic rings. The molecule has 9 fully saturated rings. The van der Waals surface area contributed by atoms with E-state index in [1.807, 2.05) is 47.3 Å². The fourth-order valence-corrected chi connectivity index (χ4v) is 19.5. The van der Waals surface area contributed by atoms with Crippen LogP contribution in [0, 0.1) is 17.5 Å². The van der Waals surface area contributed by atoms with Crippen molar-refractivity contribution < 1.29 is 62.4 Å². The van der Waals surface area contributed by atoms with Gasteiger partial charge in [-0.3, -0.25) is 14.7 Å². The van der Waals surface area contributed by atoms with Crippen LogP contribution in [0.25, 0.3) is 0 Å². The molecule has 3 spiro atoms. The topological polar surface area (TPSA) is 176 Å². The van der Waals surface area contributed by atoms with Crippen molar-refractivity contribution in [2.24, 2.45) is 5.16 Å². The first-order valence-electron chi connectivity index (χ1n) is 37.9. The van der Waals surface area contributed by atoms with Gasteiger partial charge in [0.2, 0.25) is 0 Å². The van der Waals surface area contributed by atoms with E-state index in [-0.39, 0.29) is 102 Å². The smallest absolute Gasteiger partial charge is 0.414 e. The summed E-state index contributed by atoms with van der Waals surface area (Å²) in [6.07, 6.45) is 18.5. The lowest BCUT2D eigenvalue weighted by atomic mass is 9.73. The summed E-state index contributed by atoms with van der Waals surface area (Å²) in [5.41, 5.74) is 6.00. The number of nitrogens with zero attached hydrogens (tertiary/aromatic N) is 11.